The molecule has 0 spiro atoms. The molecule has 0 aliphatic rings. The number of rotatable bonds is 7. The summed E-state index contributed by atoms with van der Waals surface area (Å²) in [5.41, 5.74) is 7.90. The molecule has 0 saturated carbocycles. The van der Waals surface area contributed by atoms with E-state index in [2.05, 4.69) is 20.8 Å². The zero-order chi connectivity index (χ0) is 23.1. The predicted molar refractivity (Wildman–Crippen MR) is 118 cm³/mol. The Morgan fingerprint density at radius 3 is 2.31 bits per heavy atom. The van der Waals surface area contributed by atoms with Gasteiger partial charge in [-0.15, -0.1) is 0 Å². The SMILES string of the molecule is Cc1cc(C)nc(SCc2ccc(C(=O)NNC(=O)CCc3cc(F)ccc3F)cc2)n1. The molecular weight excluding hydrogens is 434 g/mol. The Morgan fingerprint density at radius 2 is 1.62 bits per heavy atom. The van der Waals surface area contributed by atoms with Crippen molar-refractivity contribution in [3.8, 4) is 0 Å². The first-order chi connectivity index (χ1) is 15.3. The minimum absolute atomic E-state index is 0.0157. The number of nitrogens with one attached hydrogen (secondary N) is 2. The van der Waals surface area contributed by atoms with E-state index in [1.54, 1.807) is 12.1 Å². The van der Waals surface area contributed by atoms with Gasteiger partial charge in [0, 0.05) is 29.1 Å². The van der Waals surface area contributed by atoms with E-state index in [9.17, 15) is 18.4 Å². The number of aromatic nitrogens is 2. The van der Waals surface area contributed by atoms with Crippen LogP contribution in [0.1, 0.15) is 39.3 Å². The van der Waals surface area contributed by atoms with E-state index in [0.717, 1.165) is 35.2 Å². The summed E-state index contributed by atoms with van der Waals surface area (Å²) in [5.74, 6) is -1.49. The average molecular weight is 457 g/mol. The highest BCUT2D eigenvalue weighted by atomic mass is 32.2. The van der Waals surface area contributed by atoms with Crippen LogP contribution in [0.15, 0.2) is 53.7 Å². The first-order valence-corrected chi connectivity index (χ1v) is 10.9. The molecule has 3 rings (SSSR count). The van der Waals surface area contributed by atoms with Crippen molar-refractivity contribution >= 4 is 23.6 Å². The minimum atomic E-state index is -0.578. The second-order valence-corrected chi connectivity index (χ2v) is 8.10. The monoisotopic (exact) mass is 456 g/mol. The maximum Gasteiger partial charge on any atom is 0.269 e. The fourth-order valence-corrected chi connectivity index (χ4v) is 3.81. The van der Waals surface area contributed by atoms with Crippen LogP contribution in [0.2, 0.25) is 0 Å². The van der Waals surface area contributed by atoms with Crippen LogP contribution in [0.3, 0.4) is 0 Å². The molecule has 0 unspecified atom stereocenters. The summed E-state index contributed by atoms with van der Waals surface area (Å²) < 4.78 is 26.8. The number of hydrazine groups is 1. The fraction of sp³-hybridized carbons (Fsp3) is 0.217. The highest BCUT2D eigenvalue weighted by molar-refractivity contribution is 7.98. The highest BCUT2D eigenvalue weighted by Gasteiger charge is 2.10. The summed E-state index contributed by atoms with van der Waals surface area (Å²) in [6, 6.07) is 11.9. The first kappa shape index (κ1) is 23.3. The van der Waals surface area contributed by atoms with Crippen molar-refractivity contribution in [2.75, 3.05) is 0 Å². The smallest absolute Gasteiger partial charge is 0.269 e. The van der Waals surface area contributed by atoms with Crippen LogP contribution >= 0.6 is 11.8 Å². The van der Waals surface area contributed by atoms with Crippen LogP contribution < -0.4 is 10.9 Å². The number of carbonyl (C=O) groups is 2. The van der Waals surface area contributed by atoms with E-state index in [-0.39, 0.29) is 18.4 Å². The Bertz CT molecular complexity index is 1100. The second-order valence-electron chi connectivity index (χ2n) is 7.16. The van der Waals surface area contributed by atoms with E-state index in [4.69, 9.17) is 0 Å². The summed E-state index contributed by atoms with van der Waals surface area (Å²) in [7, 11) is 0. The Balaban J connectivity index is 1.45. The van der Waals surface area contributed by atoms with Crippen LogP contribution in [-0.4, -0.2) is 21.8 Å². The molecule has 2 N–H and O–H groups in total. The summed E-state index contributed by atoms with van der Waals surface area (Å²) in [4.78, 5) is 32.9. The van der Waals surface area contributed by atoms with Crippen LogP contribution in [0.25, 0.3) is 0 Å². The fourth-order valence-electron chi connectivity index (χ4n) is 2.90. The number of hydrogen-bond acceptors (Lipinski definition) is 5. The zero-order valence-corrected chi connectivity index (χ0v) is 18.4. The molecule has 6 nitrogen and oxygen atoms in total. The van der Waals surface area contributed by atoms with Gasteiger partial charge < -0.3 is 0 Å². The molecule has 2 aromatic carbocycles. The summed E-state index contributed by atoms with van der Waals surface area (Å²) in [5, 5.41) is 0.699. The van der Waals surface area contributed by atoms with E-state index >= 15 is 0 Å². The van der Waals surface area contributed by atoms with Crippen molar-refractivity contribution in [1.82, 2.24) is 20.8 Å². The second kappa shape index (κ2) is 10.8. The molecule has 0 saturated heterocycles. The molecule has 9 heteroatoms. The normalized spacial score (nSPS) is 10.6. The lowest BCUT2D eigenvalue weighted by Crippen LogP contribution is -2.41. The molecule has 0 fully saturated rings. The molecule has 0 radical (unpaired) electrons. The number of carbonyl (C=O) groups excluding carboxylic acids is 2. The molecule has 3 aromatic rings. The molecule has 1 aromatic heterocycles. The number of halogens is 2. The lowest BCUT2D eigenvalue weighted by Gasteiger charge is -2.09. The maximum atomic E-state index is 13.6. The van der Waals surface area contributed by atoms with Gasteiger partial charge in [-0.05, 0) is 67.8 Å². The third-order valence-corrected chi connectivity index (χ3v) is 5.41. The van der Waals surface area contributed by atoms with Crippen molar-refractivity contribution in [2.24, 2.45) is 0 Å². The summed E-state index contributed by atoms with van der Waals surface area (Å²) in [6.45, 7) is 3.84. The maximum absolute atomic E-state index is 13.6. The van der Waals surface area contributed by atoms with Crippen LogP contribution in [0, 0.1) is 25.5 Å². The van der Waals surface area contributed by atoms with Crippen LogP contribution in [0.4, 0.5) is 8.78 Å². The van der Waals surface area contributed by atoms with Crippen molar-refractivity contribution in [3.63, 3.8) is 0 Å². The van der Waals surface area contributed by atoms with E-state index in [0.29, 0.717) is 16.5 Å². The molecule has 166 valence electrons. The number of nitrogens with zero attached hydrogens (tertiary/aromatic N) is 2. The van der Waals surface area contributed by atoms with Crippen molar-refractivity contribution in [3.05, 3.63) is 88.2 Å². The van der Waals surface area contributed by atoms with Crippen molar-refractivity contribution in [1.29, 1.82) is 0 Å². The average Bonchev–Trinajstić information content (AvgIpc) is 2.76. The van der Waals surface area contributed by atoms with E-state index in [1.807, 2.05) is 32.0 Å². The van der Waals surface area contributed by atoms with Gasteiger partial charge in [0.05, 0.1) is 0 Å². The third-order valence-electron chi connectivity index (χ3n) is 4.49. The Hall–Kier alpha value is -3.33. The standard InChI is InChI=1S/C23H22F2N4O2S/c1-14-11-15(2)27-23(26-14)32-13-16-3-5-17(6-4-16)22(31)29-28-21(30)10-7-18-12-19(24)8-9-20(18)25/h3-6,8-9,11-12H,7,10,13H2,1-2H3,(H,28,30)(H,29,31). The third kappa shape index (κ3) is 6.84. The molecule has 2 amide bonds. The van der Waals surface area contributed by atoms with Crippen molar-refractivity contribution in [2.45, 2.75) is 37.6 Å². The molecule has 0 bridgehead atoms. The zero-order valence-electron chi connectivity index (χ0n) is 17.6. The van der Waals surface area contributed by atoms with Crippen LogP contribution in [-0.2, 0) is 17.0 Å². The van der Waals surface area contributed by atoms with Gasteiger partial charge in [-0.1, -0.05) is 23.9 Å². The molecule has 1 heterocycles. The largest absolute Gasteiger partial charge is 0.273 e. The number of aryl methyl sites for hydroxylation is 3. The summed E-state index contributed by atoms with van der Waals surface area (Å²) in [6.07, 6.45) is -0.0842. The predicted octanol–water partition coefficient (Wildman–Crippen LogP) is 4.06. The van der Waals surface area contributed by atoms with Crippen molar-refractivity contribution < 1.29 is 18.4 Å². The summed E-state index contributed by atoms with van der Waals surface area (Å²) >= 11 is 1.51. The molecular formula is C23H22F2N4O2S. The Labute approximate surface area is 188 Å². The number of benzene rings is 2. The Morgan fingerprint density at radius 1 is 0.938 bits per heavy atom. The first-order valence-electron chi connectivity index (χ1n) is 9.87. The lowest BCUT2D eigenvalue weighted by molar-refractivity contribution is -0.121. The Kier molecular flexibility index (Phi) is 7.88. The van der Waals surface area contributed by atoms with Gasteiger partial charge in [-0.3, -0.25) is 20.4 Å². The van der Waals surface area contributed by atoms with Gasteiger partial charge in [-0.2, -0.15) is 0 Å². The van der Waals surface area contributed by atoms with Gasteiger partial charge in [0.2, 0.25) is 5.91 Å². The number of thioether (sulfide) groups is 1. The van der Waals surface area contributed by atoms with Crippen LogP contribution in [0.5, 0.6) is 0 Å². The minimum Gasteiger partial charge on any atom is -0.273 e. The van der Waals surface area contributed by atoms with Gasteiger partial charge in [0.25, 0.3) is 5.91 Å². The molecule has 0 aliphatic heterocycles. The topological polar surface area (TPSA) is 84.0 Å². The molecule has 32 heavy (non-hydrogen) atoms. The van der Waals surface area contributed by atoms with Gasteiger partial charge >= 0.3 is 0 Å². The molecule has 0 aliphatic carbocycles. The number of hydrogen-bond donors (Lipinski definition) is 2. The van der Waals surface area contributed by atoms with Gasteiger partial charge in [0.15, 0.2) is 5.16 Å². The lowest BCUT2D eigenvalue weighted by atomic mass is 10.1. The highest BCUT2D eigenvalue weighted by Crippen LogP contribution is 2.20. The van der Waals surface area contributed by atoms with E-state index in [1.165, 1.54) is 11.8 Å². The van der Waals surface area contributed by atoms with Gasteiger partial charge in [-0.25, -0.2) is 18.7 Å². The van der Waals surface area contributed by atoms with E-state index < -0.39 is 23.4 Å². The number of amides is 2. The quantitative estimate of drug-likeness (QED) is 0.318. The van der Waals surface area contributed by atoms with Gasteiger partial charge in [0.1, 0.15) is 11.6 Å². The molecule has 0 atom stereocenters.